The number of halogens is 1. The van der Waals surface area contributed by atoms with E-state index in [4.69, 9.17) is 15.2 Å². The predicted molar refractivity (Wildman–Crippen MR) is 74.2 cm³/mol. The van der Waals surface area contributed by atoms with Gasteiger partial charge in [-0.25, -0.2) is 9.37 Å². The van der Waals surface area contributed by atoms with Crippen LogP contribution in [0.4, 0.5) is 10.3 Å². The highest BCUT2D eigenvalue weighted by molar-refractivity contribution is 5.80. The minimum Gasteiger partial charge on any atom is -0.494 e. The van der Waals surface area contributed by atoms with E-state index in [1.165, 1.54) is 13.2 Å². The van der Waals surface area contributed by atoms with Crippen LogP contribution in [0.3, 0.4) is 0 Å². The topological polar surface area (TPSA) is 62.3 Å². The van der Waals surface area contributed by atoms with Gasteiger partial charge in [-0.3, -0.25) is 0 Å². The van der Waals surface area contributed by atoms with Gasteiger partial charge in [0.2, 0.25) is 5.95 Å². The predicted octanol–water partition coefficient (Wildman–Crippen LogP) is 2.19. The maximum absolute atomic E-state index is 13.7. The number of nitrogens with two attached hydrogens (primary N) is 1. The van der Waals surface area contributed by atoms with Gasteiger partial charge in [0.15, 0.2) is 11.6 Å². The van der Waals surface area contributed by atoms with Crippen molar-refractivity contribution >= 4 is 17.0 Å². The quantitative estimate of drug-likeness (QED) is 0.935. The first-order valence-corrected chi connectivity index (χ1v) is 6.76. The van der Waals surface area contributed by atoms with Gasteiger partial charge in [-0.15, -0.1) is 0 Å². The van der Waals surface area contributed by atoms with Crippen molar-refractivity contribution < 1.29 is 13.9 Å². The largest absolute Gasteiger partial charge is 0.494 e. The lowest BCUT2D eigenvalue weighted by Crippen LogP contribution is -2.21. The van der Waals surface area contributed by atoms with Crippen molar-refractivity contribution in [3.8, 4) is 5.75 Å². The number of fused-ring (bicyclic) bond motifs is 1. The zero-order valence-electron chi connectivity index (χ0n) is 11.4. The molecule has 2 heterocycles. The fraction of sp³-hybridized carbons (Fsp3) is 0.500. The van der Waals surface area contributed by atoms with Crippen LogP contribution in [0.2, 0.25) is 0 Å². The van der Waals surface area contributed by atoms with Crippen molar-refractivity contribution in [1.29, 1.82) is 0 Å². The molecule has 0 unspecified atom stereocenters. The lowest BCUT2D eigenvalue weighted by atomic mass is 10.0. The lowest BCUT2D eigenvalue weighted by Gasteiger charge is -2.23. The van der Waals surface area contributed by atoms with Crippen molar-refractivity contribution in [1.82, 2.24) is 9.55 Å². The fourth-order valence-corrected chi connectivity index (χ4v) is 2.68. The number of methoxy groups -OCH3 is 1. The molecule has 1 fully saturated rings. The van der Waals surface area contributed by atoms with E-state index in [0.29, 0.717) is 17.4 Å². The second-order valence-corrected chi connectivity index (χ2v) is 5.11. The Bertz CT molecular complexity index is 620. The van der Waals surface area contributed by atoms with Crippen LogP contribution in [-0.2, 0) is 11.3 Å². The highest BCUT2D eigenvalue weighted by Crippen LogP contribution is 2.28. The van der Waals surface area contributed by atoms with Crippen molar-refractivity contribution in [2.75, 3.05) is 26.1 Å². The summed E-state index contributed by atoms with van der Waals surface area (Å²) < 4.78 is 26.0. The summed E-state index contributed by atoms with van der Waals surface area (Å²) in [5, 5.41) is 0. The second-order valence-electron chi connectivity index (χ2n) is 5.11. The van der Waals surface area contributed by atoms with E-state index >= 15 is 0 Å². The van der Waals surface area contributed by atoms with E-state index in [1.807, 2.05) is 4.57 Å². The van der Waals surface area contributed by atoms with Gasteiger partial charge in [0.1, 0.15) is 0 Å². The monoisotopic (exact) mass is 279 g/mol. The van der Waals surface area contributed by atoms with Crippen molar-refractivity contribution in [3.63, 3.8) is 0 Å². The van der Waals surface area contributed by atoms with Crippen molar-refractivity contribution in [2.45, 2.75) is 19.4 Å². The molecule has 3 rings (SSSR count). The highest BCUT2D eigenvalue weighted by Gasteiger charge is 2.19. The molecular weight excluding hydrogens is 261 g/mol. The van der Waals surface area contributed by atoms with Gasteiger partial charge in [-0.05, 0) is 18.8 Å². The molecule has 5 nitrogen and oxygen atoms in total. The molecule has 2 aromatic rings. The van der Waals surface area contributed by atoms with E-state index in [2.05, 4.69) is 4.98 Å². The first kappa shape index (κ1) is 13.2. The van der Waals surface area contributed by atoms with Crippen LogP contribution in [-0.4, -0.2) is 29.9 Å². The molecule has 0 amide bonds. The minimum atomic E-state index is -0.421. The zero-order chi connectivity index (χ0) is 14.1. The van der Waals surface area contributed by atoms with E-state index in [9.17, 15) is 4.39 Å². The average molecular weight is 279 g/mol. The smallest absolute Gasteiger partial charge is 0.201 e. The molecule has 2 N–H and O–H groups in total. The van der Waals surface area contributed by atoms with E-state index in [0.717, 1.165) is 38.1 Å². The SMILES string of the molecule is COc1cc2c(cc1F)nc(N)n2CC1CCOCC1. The van der Waals surface area contributed by atoms with Crippen LogP contribution in [0.25, 0.3) is 11.0 Å². The Morgan fingerprint density at radius 3 is 2.90 bits per heavy atom. The molecule has 0 atom stereocenters. The molecule has 0 saturated carbocycles. The number of benzene rings is 1. The molecular formula is C14H18FN3O2. The van der Waals surface area contributed by atoms with E-state index < -0.39 is 5.82 Å². The van der Waals surface area contributed by atoms with Gasteiger partial charge in [0, 0.05) is 31.9 Å². The van der Waals surface area contributed by atoms with Crippen LogP contribution in [0, 0.1) is 11.7 Å². The van der Waals surface area contributed by atoms with Gasteiger partial charge in [-0.2, -0.15) is 0 Å². The van der Waals surface area contributed by atoms with Crippen molar-refractivity contribution in [2.24, 2.45) is 5.92 Å². The van der Waals surface area contributed by atoms with Crippen LogP contribution in [0.15, 0.2) is 12.1 Å². The first-order chi connectivity index (χ1) is 9.69. The summed E-state index contributed by atoms with van der Waals surface area (Å²) in [6, 6.07) is 3.03. The molecule has 20 heavy (non-hydrogen) atoms. The third-order valence-electron chi connectivity index (χ3n) is 3.83. The van der Waals surface area contributed by atoms with Crippen LogP contribution in [0.1, 0.15) is 12.8 Å². The number of aromatic nitrogens is 2. The normalized spacial score (nSPS) is 16.7. The zero-order valence-corrected chi connectivity index (χ0v) is 11.4. The Labute approximate surface area is 116 Å². The van der Waals surface area contributed by atoms with E-state index in [1.54, 1.807) is 6.07 Å². The number of hydrogen-bond donors (Lipinski definition) is 1. The maximum atomic E-state index is 13.7. The van der Waals surface area contributed by atoms with Gasteiger partial charge in [0.05, 0.1) is 18.1 Å². The summed E-state index contributed by atoms with van der Waals surface area (Å²) in [7, 11) is 1.45. The van der Waals surface area contributed by atoms with Gasteiger partial charge in [-0.1, -0.05) is 0 Å². The Morgan fingerprint density at radius 1 is 1.45 bits per heavy atom. The lowest BCUT2D eigenvalue weighted by molar-refractivity contribution is 0.0617. The highest BCUT2D eigenvalue weighted by atomic mass is 19.1. The molecule has 1 aromatic heterocycles. The van der Waals surface area contributed by atoms with Crippen LogP contribution >= 0.6 is 0 Å². The standard InChI is InChI=1S/C14H18FN3O2/c1-19-13-7-12-11(6-10(13)15)17-14(16)18(12)8-9-2-4-20-5-3-9/h6-7,9H,2-5,8H2,1H3,(H2,16,17). The van der Waals surface area contributed by atoms with E-state index in [-0.39, 0.29) is 5.75 Å². The van der Waals surface area contributed by atoms with Gasteiger partial charge in [0.25, 0.3) is 0 Å². The summed E-state index contributed by atoms with van der Waals surface area (Å²) in [5.74, 6) is 0.722. The average Bonchev–Trinajstić information content (AvgIpc) is 2.74. The molecule has 108 valence electrons. The molecule has 1 aliphatic rings. The minimum absolute atomic E-state index is 0.214. The third kappa shape index (κ3) is 2.31. The van der Waals surface area contributed by atoms with Crippen LogP contribution in [0.5, 0.6) is 5.75 Å². The number of nitrogen functional groups attached to an aromatic ring is 1. The Kier molecular flexibility index (Phi) is 3.48. The number of rotatable bonds is 3. The Balaban J connectivity index is 1.98. The number of ether oxygens (including phenoxy) is 2. The maximum Gasteiger partial charge on any atom is 0.201 e. The number of anilines is 1. The summed E-state index contributed by atoms with van der Waals surface area (Å²) in [4.78, 5) is 4.23. The second kappa shape index (κ2) is 5.28. The molecule has 0 bridgehead atoms. The van der Waals surface area contributed by atoms with Gasteiger partial charge < -0.3 is 19.8 Å². The molecule has 0 radical (unpaired) electrons. The summed E-state index contributed by atoms with van der Waals surface area (Å²) in [5.41, 5.74) is 7.34. The molecule has 1 aliphatic heterocycles. The van der Waals surface area contributed by atoms with Gasteiger partial charge >= 0.3 is 0 Å². The molecule has 1 saturated heterocycles. The third-order valence-corrected chi connectivity index (χ3v) is 3.83. The Hall–Kier alpha value is -1.82. The number of hydrogen-bond acceptors (Lipinski definition) is 4. The molecule has 0 spiro atoms. The van der Waals surface area contributed by atoms with Crippen LogP contribution < -0.4 is 10.5 Å². The Morgan fingerprint density at radius 2 is 2.20 bits per heavy atom. The molecule has 0 aliphatic carbocycles. The molecule has 1 aromatic carbocycles. The molecule has 6 heteroatoms. The fourth-order valence-electron chi connectivity index (χ4n) is 2.68. The first-order valence-electron chi connectivity index (χ1n) is 6.76. The number of imidazole rings is 1. The number of nitrogens with zero attached hydrogens (tertiary/aromatic N) is 2. The summed E-state index contributed by atoms with van der Waals surface area (Å²) in [6.07, 6.45) is 2.02. The summed E-state index contributed by atoms with van der Waals surface area (Å²) in [6.45, 7) is 2.35. The van der Waals surface area contributed by atoms with Crippen molar-refractivity contribution in [3.05, 3.63) is 17.9 Å². The summed E-state index contributed by atoms with van der Waals surface area (Å²) >= 11 is 0.